The normalized spacial score (nSPS) is 17.0. The molecule has 1 aromatic heterocycles. The summed E-state index contributed by atoms with van der Waals surface area (Å²) in [5, 5.41) is 3.09. The smallest absolute Gasteiger partial charge is 0.131 e. The molecule has 1 saturated carbocycles. The molecular formula is C14H22N2O. The van der Waals surface area contributed by atoms with E-state index in [1.165, 1.54) is 32.1 Å². The first-order valence-corrected chi connectivity index (χ1v) is 6.59. The molecule has 1 aliphatic rings. The van der Waals surface area contributed by atoms with Crippen molar-refractivity contribution in [2.45, 2.75) is 38.7 Å². The average Bonchev–Trinajstić information content (AvgIpc) is 2.40. The molecule has 3 heteroatoms. The van der Waals surface area contributed by atoms with Gasteiger partial charge in [-0.15, -0.1) is 0 Å². The van der Waals surface area contributed by atoms with Gasteiger partial charge in [-0.05, 0) is 24.8 Å². The van der Waals surface area contributed by atoms with Crippen LogP contribution in [0.5, 0.6) is 0 Å². The molecule has 3 nitrogen and oxygen atoms in total. The average molecular weight is 234 g/mol. The van der Waals surface area contributed by atoms with Gasteiger partial charge in [-0.2, -0.15) is 0 Å². The molecule has 0 aliphatic heterocycles. The van der Waals surface area contributed by atoms with Crippen molar-refractivity contribution in [2.75, 3.05) is 19.0 Å². The lowest BCUT2D eigenvalue weighted by atomic mass is 9.90. The molecule has 1 fully saturated rings. The molecule has 1 aromatic rings. The summed E-state index contributed by atoms with van der Waals surface area (Å²) in [6.07, 6.45) is 8.64. The van der Waals surface area contributed by atoms with Crippen molar-refractivity contribution in [1.82, 2.24) is 4.98 Å². The number of anilines is 1. The highest BCUT2D eigenvalue weighted by atomic mass is 16.5. The van der Waals surface area contributed by atoms with Gasteiger partial charge in [-0.3, -0.25) is 0 Å². The van der Waals surface area contributed by atoms with Crippen molar-refractivity contribution in [2.24, 2.45) is 5.92 Å². The van der Waals surface area contributed by atoms with Gasteiger partial charge in [0.2, 0.25) is 0 Å². The van der Waals surface area contributed by atoms with Crippen LogP contribution in [0, 0.1) is 5.92 Å². The molecule has 0 saturated heterocycles. The number of hydrogen-bond acceptors (Lipinski definition) is 3. The fraction of sp³-hybridized carbons (Fsp3) is 0.643. The third kappa shape index (κ3) is 3.70. The van der Waals surface area contributed by atoms with Gasteiger partial charge < -0.3 is 10.1 Å². The standard InChI is InChI=1S/C14H22N2O/c1-15-14-13(8-5-9-16-14)11-17-10-12-6-3-2-4-7-12/h5,8-9,12H,2-4,6-7,10-11H2,1H3,(H,15,16). The van der Waals surface area contributed by atoms with Gasteiger partial charge in [0.15, 0.2) is 0 Å². The zero-order valence-corrected chi connectivity index (χ0v) is 10.6. The van der Waals surface area contributed by atoms with Crippen LogP contribution in [0.15, 0.2) is 18.3 Å². The van der Waals surface area contributed by atoms with Gasteiger partial charge in [0.25, 0.3) is 0 Å². The van der Waals surface area contributed by atoms with Crippen LogP contribution in [0.2, 0.25) is 0 Å². The summed E-state index contributed by atoms with van der Waals surface area (Å²) < 4.78 is 5.82. The van der Waals surface area contributed by atoms with Gasteiger partial charge in [0, 0.05) is 25.4 Å². The van der Waals surface area contributed by atoms with E-state index in [4.69, 9.17) is 4.74 Å². The molecule has 0 spiro atoms. The molecule has 0 unspecified atom stereocenters. The lowest BCUT2D eigenvalue weighted by Crippen LogP contribution is -2.13. The molecule has 0 atom stereocenters. The fourth-order valence-corrected chi connectivity index (χ4v) is 2.47. The number of rotatable bonds is 5. The predicted octanol–water partition coefficient (Wildman–Crippen LogP) is 3.22. The number of aromatic nitrogens is 1. The minimum Gasteiger partial charge on any atom is -0.376 e. The quantitative estimate of drug-likeness (QED) is 0.849. The van der Waals surface area contributed by atoms with Crippen molar-refractivity contribution in [3.05, 3.63) is 23.9 Å². The van der Waals surface area contributed by atoms with Crippen LogP contribution in [0.4, 0.5) is 5.82 Å². The van der Waals surface area contributed by atoms with Crippen molar-refractivity contribution < 1.29 is 4.74 Å². The molecule has 1 N–H and O–H groups in total. The Morgan fingerprint density at radius 3 is 2.94 bits per heavy atom. The summed E-state index contributed by atoms with van der Waals surface area (Å²) in [6, 6.07) is 4.03. The summed E-state index contributed by atoms with van der Waals surface area (Å²) in [5.41, 5.74) is 1.14. The summed E-state index contributed by atoms with van der Waals surface area (Å²) in [7, 11) is 1.90. The Bertz CT molecular complexity index is 335. The van der Waals surface area contributed by atoms with E-state index in [1.807, 2.05) is 13.1 Å². The van der Waals surface area contributed by atoms with E-state index in [1.54, 1.807) is 6.20 Å². The Morgan fingerprint density at radius 1 is 1.35 bits per heavy atom. The second kappa shape index (κ2) is 6.60. The molecule has 1 aliphatic carbocycles. The van der Waals surface area contributed by atoms with Crippen molar-refractivity contribution in [3.63, 3.8) is 0 Å². The molecule has 17 heavy (non-hydrogen) atoms. The Hall–Kier alpha value is -1.09. The lowest BCUT2D eigenvalue weighted by Gasteiger charge is -2.21. The summed E-state index contributed by atoms with van der Waals surface area (Å²) in [6.45, 7) is 1.57. The molecule has 0 bridgehead atoms. The highest BCUT2D eigenvalue weighted by molar-refractivity contribution is 5.42. The van der Waals surface area contributed by atoms with Crippen molar-refractivity contribution in [1.29, 1.82) is 0 Å². The largest absolute Gasteiger partial charge is 0.376 e. The van der Waals surface area contributed by atoms with E-state index < -0.39 is 0 Å². The zero-order valence-electron chi connectivity index (χ0n) is 10.6. The first-order chi connectivity index (χ1) is 8.40. The molecule has 2 rings (SSSR count). The van der Waals surface area contributed by atoms with Crippen molar-refractivity contribution in [3.8, 4) is 0 Å². The van der Waals surface area contributed by atoms with Crippen LogP contribution in [-0.4, -0.2) is 18.6 Å². The van der Waals surface area contributed by atoms with Crippen LogP contribution >= 0.6 is 0 Å². The summed E-state index contributed by atoms with van der Waals surface area (Å²) in [4.78, 5) is 4.27. The lowest BCUT2D eigenvalue weighted by molar-refractivity contribution is 0.0741. The molecular weight excluding hydrogens is 212 g/mol. The minimum absolute atomic E-state index is 0.667. The van der Waals surface area contributed by atoms with Crippen LogP contribution in [0.25, 0.3) is 0 Å². The highest BCUT2D eigenvalue weighted by Gasteiger charge is 2.13. The van der Waals surface area contributed by atoms with Gasteiger partial charge in [0.05, 0.1) is 6.61 Å². The number of nitrogens with zero attached hydrogens (tertiary/aromatic N) is 1. The van der Waals surface area contributed by atoms with E-state index in [9.17, 15) is 0 Å². The van der Waals surface area contributed by atoms with Crippen LogP contribution < -0.4 is 5.32 Å². The van der Waals surface area contributed by atoms with Crippen molar-refractivity contribution >= 4 is 5.82 Å². The van der Waals surface area contributed by atoms with Gasteiger partial charge >= 0.3 is 0 Å². The monoisotopic (exact) mass is 234 g/mol. The Balaban J connectivity index is 1.77. The van der Waals surface area contributed by atoms with Gasteiger partial charge in [0.1, 0.15) is 5.82 Å². The van der Waals surface area contributed by atoms with E-state index in [-0.39, 0.29) is 0 Å². The Kier molecular flexibility index (Phi) is 4.80. The minimum atomic E-state index is 0.667. The van der Waals surface area contributed by atoms with Crippen LogP contribution in [0.3, 0.4) is 0 Å². The number of ether oxygens (including phenoxy) is 1. The second-order valence-corrected chi connectivity index (χ2v) is 4.78. The molecule has 94 valence electrons. The number of pyridine rings is 1. The molecule has 0 amide bonds. The second-order valence-electron chi connectivity index (χ2n) is 4.78. The predicted molar refractivity (Wildman–Crippen MR) is 70.0 cm³/mol. The van der Waals surface area contributed by atoms with Crippen LogP contribution in [-0.2, 0) is 11.3 Å². The summed E-state index contributed by atoms with van der Waals surface area (Å²) >= 11 is 0. The zero-order chi connectivity index (χ0) is 11.9. The SMILES string of the molecule is CNc1ncccc1COCC1CCCCC1. The maximum absolute atomic E-state index is 5.82. The third-order valence-electron chi connectivity index (χ3n) is 3.46. The van der Waals surface area contributed by atoms with E-state index in [2.05, 4.69) is 16.4 Å². The van der Waals surface area contributed by atoms with Gasteiger partial charge in [-0.25, -0.2) is 4.98 Å². The van der Waals surface area contributed by atoms with E-state index in [0.717, 1.165) is 23.9 Å². The van der Waals surface area contributed by atoms with E-state index in [0.29, 0.717) is 6.61 Å². The number of nitrogens with one attached hydrogen (secondary N) is 1. The highest BCUT2D eigenvalue weighted by Crippen LogP contribution is 2.24. The van der Waals surface area contributed by atoms with E-state index >= 15 is 0 Å². The molecule has 1 heterocycles. The first-order valence-electron chi connectivity index (χ1n) is 6.59. The van der Waals surface area contributed by atoms with Gasteiger partial charge in [-0.1, -0.05) is 25.3 Å². The fourth-order valence-electron chi connectivity index (χ4n) is 2.47. The molecule has 0 radical (unpaired) electrons. The number of hydrogen-bond donors (Lipinski definition) is 1. The Morgan fingerprint density at radius 2 is 2.18 bits per heavy atom. The summed E-state index contributed by atoms with van der Waals surface area (Å²) in [5.74, 6) is 1.70. The first kappa shape index (κ1) is 12.4. The Labute approximate surface area is 104 Å². The molecule has 0 aromatic carbocycles. The third-order valence-corrected chi connectivity index (χ3v) is 3.46. The maximum atomic E-state index is 5.82. The van der Waals surface area contributed by atoms with Crippen LogP contribution in [0.1, 0.15) is 37.7 Å². The maximum Gasteiger partial charge on any atom is 0.131 e. The topological polar surface area (TPSA) is 34.2 Å².